The molecule has 5 N–H and O–H groups in total. The van der Waals surface area contributed by atoms with Crippen LogP contribution >= 0.6 is 0 Å². The van der Waals surface area contributed by atoms with Crippen LogP contribution in [-0.4, -0.2) is 22.4 Å². The zero-order valence-corrected chi connectivity index (χ0v) is 9.58. The van der Waals surface area contributed by atoms with Crippen LogP contribution in [0.3, 0.4) is 0 Å². The number of rotatable bonds is 5. The van der Waals surface area contributed by atoms with Gasteiger partial charge in [0.15, 0.2) is 0 Å². The van der Waals surface area contributed by atoms with Crippen LogP contribution in [0.1, 0.15) is 24.7 Å². The number of nitrogens with zero attached hydrogens (tertiary/aromatic N) is 2. The molecule has 1 aromatic rings. The highest BCUT2D eigenvalue weighted by Gasteiger charge is 2.07. The number of nitrogens with one attached hydrogen (secondary N) is 1. The molecule has 0 aliphatic rings. The predicted molar refractivity (Wildman–Crippen MR) is 62.9 cm³/mol. The molecule has 0 unspecified atom stereocenters. The van der Waals surface area contributed by atoms with E-state index in [1.165, 1.54) is 0 Å². The fourth-order valence-corrected chi connectivity index (χ4v) is 1.22. The second kappa shape index (κ2) is 5.29. The summed E-state index contributed by atoms with van der Waals surface area (Å²) in [5.41, 5.74) is 11.6. The molecule has 0 aliphatic carbocycles. The molecule has 0 radical (unpaired) electrons. The quantitative estimate of drug-likeness (QED) is 0.661. The summed E-state index contributed by atoms with van der Waals surface area (Å²) in [6, 6.07) is 0. The van der Waals surface area contributed by atoms with Crippen LogP contribution in [0.15, 0.2) is 0 Å². The van der Waals surface area contributed by atoms with E-state index >= 15 is 0 Å². The molecule has 0 aliphatic heterocycles. The standard InChI is InChI=1S/C10H17N5O/c1-3-8-14-9(12)6(2)10(15-8)13-5-4-7(11)16/h3-5H2,1-2H3,(H2,11,16)(H3,12,13,14,15). The van der Waals surface area contributed by atoms with Gasteiger partial charge in [0.1, 0.15) is 17.5 Å². The first kappa shape index (κ1) is 12.2. The number of hydrogen-bond donors (Lipinski definition) is 3. The third-order valence-corrected chi connectivity index (χ3v) is 2.21. The van der Waals surface area contributed by atoms with Crippen molar-refractivity contribution in [2.24, 2.45) is 5.73 Å². The molecular weight excluding hydrogens is 206 g/mol. The summed E-state index contributed by atoms with van der Waals surface area (Å²) in [5.74, 6) is 1.48. The molecule has 16 heavy (non-hydrogen) atoms. The maximum Gasteiger partial charge on any atom is 0.219 e. The van der Waals surface area contributed by atoms with Gasteiger partial charge in [0, 0.05) is 24.9 Å². The van der Waals surface area contributed by atoms with E-state index in [4.69, 9.17) is 11.5 Å². The summed E-state index contributed by atoms with van der Waals surface area (Å²) in [6.07, 6.45) is 0.986. The SMILES string of the molecule is CCc1nc(N)c(C)c(NCCC(N)=O)n1. The number of aryl methyl sites for hydroxylation is 1. The Kier molecular flexibility index (Phi) is 4.04. The van der Waals surface area contributed by atoms with Gasteiger partial charge in [0.25, 0.3) is 0 Å². The largest absolute Gasteiger partial charge is 0.383 e. The number of nitrogens with two attached hydrogens (primary N) is 2. The van der Waals surface area contributed by atoms with Gasteiger partial charge >= 0.3 is 0 Å². The van der Waals surface area contributed by atoms with Crippen molar-refractivity contribution in [3.63, 3.8) is 0 Å². The highest BCUT2D eigenvalue weighted by atomic mass is 16.1. The number of primary amides is 1. The van der Waals surface area contributed by atoms with Gasteiger partial charge in [0.2, 0.25) is 5.91 Å². The molecule has 0 spiro atoms. The molecule has 0 fully saturated rings. The lowest BCUT2D eigenvalue weighted by Crippen LogP contribution is -2.17. The van der Waals surface area contributed by atoms with E-state index in [2.05, 4.69) is 15.3 Å². The topological polar surface area (TPSA) is 107 Å². The monoisotopic (exact) mass is 223 g/mol. The fourth-order valence-electron chi connectivity index (χ4n) is 1.22. The minimum absolute atomic E-state index is 0.269. The number of carbonyl (C=O) groups excluding carboxylic acids is 1. The number of aromatic nitrogens is 2. The summed E-state index contributed by atoms with van der Waals surface area (Å²) in [7, 11) is 0. The number of amides is 1. The summed E-state index contributed by atoms with van der Waals surface area (Å²) in [4.78, 5) is 19.0. The molecule has 1 aromatic heterocycles. The zero-order valence-electron chi connectivity index (χ0n) is 9.58. The molecule has 1 amide bonds. The first-order valence-electron chi connectivity index (χ1n) is 5.19. The van der Waals surface area contributed by atoms with E-state index in [9.17, 15) is 4.79 Å². The van der Waals surface area contributed by atoms with E-state index in [-0.39, 0.29) is 12.3 Å². The number of carbonyl (C=O) groups is 1. The normalized spacial score (nSPS) is 10.1. The maximum atomic E-state index is 10.6. The molecule has 0 atom stereocenters. The van der Waals surface area contributed by atoms with Crippen molar-refractivity contribution in [1.29, 1.82) is 0 Å². The van der Waals surface area contributed by atoms with Crippen molar-refractivity contribution >= 4 is 17.5 Å². The van der Waals surface area contributed by atoms with Crippen LogP contribution < -0.4 is 16.8 Å². The van der Waals surface area contributed by atoms with Crippen molar-refractivity contribution in [2.75, 3.05) is 17.6 Å². The van der Waals surface area contributed by atoms with Crippen LogP contribution in [0.25, 0.3) is 0 Å². The summed E-state index contributed by atoms with van der Waals surface area (Å²) in [6.45, 7) is 4.24. The Hall–Kier alpha value is -1.85. The average Bonchev–Trinajstić information content (AvgIpc) is 2.23. The summed E-state index contributed by atoms with van der Waals surface area (Å²) >= 11 is 0. The van der Waals surface area contributed by atoms with E-state index < -0.39 is 0 Å². The highest BCUT2D eigenvalue weighted by Crippen LogP contribution is 2.17. The Bertz CT molecular complexity index is 391. The van der Waals surface area contributed by atoms with Crippen LogP contribution in [0.5, 0.6) is 0 Å². The smallest absolute Gasteiger partial charge is 0.219 e. The average molecular weight is 223 g/mol. The van der Waals surface area contributed by atoms with Crippen LogP contribution in [-0.2, 0) is 11.2 Å². The van der Waals surface area contributed by atoms with Gasteiger partial charge in [-0.3, -0.25) is 4.79 Å². The third-order valence-electron chi connectivity index (χ3n) is 2.21. The zero-order chi connectivity index (χ0) is 12.1. The first-order valence-corrected chi connectivity index (χ1v) is 5.19. The van der Waals surface area contributed by atoms with Gasteiger partial charge in [-0.05, 0) is 6.92 Å². The molecule has 6 heteroatoms. The summed E-state index contributed by atoms with van der Waals surface area (Å²) in [5, 5.41) is 3.03. The van der Waals surface area contributed by atoms with Crippen LogP contribution in [0.4, 0.5) is 11.6 Å². The Balaban J connectivity index is 2.78. The van der Waals surface area contributed by atoms with E-state index in [1.54, 1.807) is 0 Å². The second-order valence-electron chi connectivity index (χ2n) is 3.50. The molecule has 88 valence electrons. The van der Waals surface area contributed by atoms with Gasteiger partial charge in [-0.15, -0.1) is 0 Å². The van der Waals surface area contributed by atoms with Crippen molar-refractivity contribution in [1.82, 2.24) is 9.97 Å². The molecule has 0 bridgehead atoms. The molecule has 0 saturated heterocycles. The molecule has 6 nitrogen and oxygen atoms in total. The lowest BCUT2D eigenvalue weighted by atomic mass is 10.3. The molecule has 0 aromatic carbocycles. The summed E-state index contributed by atoms with van der Waals surface area (Å²) < 4.78 is 0. The fraction of sp³-hybridized carbons (Fsp3) is 0.500. The van der Waals surface area contributed by atoms with Gasteiger partial charge in [-0.1, -0.05) is 6.92 Å². The highest BCUT2D eigenvalue weighted by molar-refractivity contribution is 5.74. The second-order valence-corrected chi connectivity index (χ2v) is 3.50. The van der Waals surface area contributed by atoms with Crippen LogP contribution in [0, 0.1) is 6.92 Å². The Morgan fingerprint density at radius 2 is 2.12 bits per heavy atom. The lowest BCUT2D eigenvalue weighted by molar-refractivity contribution is -0.117. The molecule has 1 heterocycles. The van der Waals surface area contributed by atoms with Crippen molar-refractivity contribution < 1.29 is 4.79 Å². The number of anilines is 2. The van der Waals surface area contributed by atoms with Crippen molar-refractivity contribution in [2.45, 2.75) is 26.7 Å². The van der Waals surface area contributed by atoms with Gasteiger partial charge in [0.05, 0.1) is 0 Å². The third kappa shape index (κ3) is 3.08. The van der Waals surface area contributed by atoms with E-state index in [1.807, 2.05) is 13.8 Å². The van der Waals surface area contributed by atoms with Crippen molar-refractivity contribution in [3.05, 3.63) is 11.4 Å². The Labute approximate surface area is 94.5 Å². The van der Waals surface area contributed by atoms with Gasteiger partial charge < -0.3 is 16.8 Å². The molecule has 0 saturated carbocycles. The number of nitrogen functional groups attached to an aromatic ring is 1. The minimum atomic E-state index is -0.345. The predicted octanol–water partition coefficient (Wildman–Crippen LogP) is 0.217. The lowest BCUT2D eigenvalue weighted by Gasteiger charge is -2.10. The number of hydrogen-bond acceptors (Lipinski definition) is 5. The van der Waals surface area contributed by atoms with Gasteiger partial charge in [-0.25, -0.2) is 9.97 Å². The molecule has 1 rings (SSSR count). The molecular formula is C10H17N5O. The Morgan fingerprint density at radius 3 is 2.69 bits per heavy atom. The maximum absolute atomic E-state index is 10.6. The van der Waals surface area contributed by atoms with Crippen molar-refractivity contribution in [3.8, 4) is 0 Å². The van der Waals surface area contributed by atoms with Gasteiger partial charge in [-0.2, -0.15) is 0 Å². The first-order chi connectivity index (χ1) is 7.54. The van der Waals surface area contributed by atoms with E-state index in [0.29, 0.717) is 24.0 Å². The minimum Gasteiger partial charge on any atom is -0.383 e. The van der Waals surface area contributed by atoms with Crippen LogP contribution in [0.2, 0.25) is 0 Å². The van der Waals surface area contributed by atoms with E-state index in [0.717, 1.165) is 12.0 Å². The Morgan fingerprint density at radius 1 is 1.44 bits per heavy atom.